The lowest BCUT2D eigenvalue weighted by molar-refractivity contribution is 0.0924. The van der Waals surface area contributed by atoms with Crippen molar-refractivity contribution in [1.29, 1.82) is 0 Å². The van der Waals surface area contributed by atoms with Crippen molar-refractivity contribution in [3.8, 4) is 0 Å². The summed E-state index contributed by atoms with van der Waals surface area (Å²) in [5.41, 5.74) is 0.193. The zero-order valence-electron chi connectivity index (χ0n) is 8.13. The van der Waals surface area contributed by atoms with Gasteiger partial charge in [0, 0.05) is 6.54 Å². The largest absolute Gasteiger partial charge is 0.392 e. The van der Waals surface area contributed by atoms with Crippen molar-refractivity contribution in [2.45, 2.75) is 13.0 Å². The first-order chi connectivity index (χ1) is 7.00. The Labute approximate surface area is 91.9 Å². The predicted octanol–water partition coefficient (Wildman–Crippen LogP) is 1.59. The molecule has 1 aromatic rings. The van der Waals surface area contributed by atoms with Crippen LogP contribution in [-0.4, -0.2) is 23.7 Å². The lowest BCUT2D eigenvalue weighted by Crippen LogP contribution is -2.30. The molecule has 0 spiro atoms. The summed E-state index contributed by atoms with van der Waals surface area (Å²) in [6.07, 6.45) is -0.631. The highest BCUT2D eigenvalue weighted by molar-refractivity contribution is 6.33. The van der Waals surface area contributed by atoms with Gasteiger partial charge in [0.1, 0.15) is 5.82 Å². The van der Waals surface area contributed by atoms with Crippen LogP contribution in [0.2, 0.25) is 5.02 Å². The number of benzene rings is 1. The number of aliphatic hydroxyl groups is 1. The molecular weight excluding hydrogens is 221 g/mol. The van der Waals surface area contributed by atoms with Gasteiger partial charge in [0.25, 0.3) is 5.91 Å². The number of nitrogens with one attached hydrogen (secondary N) is 1. The summed E-state index contributed by atoms with van der Waals surface area (Å²) in [6, 6.07) is 3.52. The molecule has 2 N–H and O–H groups in total. The molecule has 1 aromatic carbocycles. The number of halogens is 2. The number of hydrogen-bond acceptors (Lipinski definition) is 2. The molecule has 0 radical (unpaired) electrons. The van der Waals surface area contributed by atoms with Crippen molar-refractivity contribution in [1.82, 2.24) is 5.32 Å². The third-order valence-corrected chi connectivity index (χ3v) is 2.05. The fraction of sp³-hybridized carbons (Fsp3) is 0.300. The summed E-state index contributed by atoms with van der Waals surface area (Å²) in [5, 5.41) is 11.5. The van der Waals surface area contributed by atoms with Gasteiger partial charge in [-0.1, -0.05) is 11.6 Å². The Kier molecular flexibility index (Phi) is 4.05. The van der Waals surface area contributed by atoms with Crippen LogP contribution in [0.25, 0.3) is 0 Å². The zero-order chi connectivity index (χ0) is 11.4. The van der Waals surface area contributed by atoms with Crippen molar-refractivity contribution in [3.05, 3.63) is 34.6 Å². The highest BCUT2D eigenvalue weighted by atomic mass is 35.5. The average Bonchev–Trinajstić information content (AvgIpc) is 2.14. The summed E-state index contributed by atoms with van der Waals surface area (Å²) in [5.74, 6) is -0.923. The van der Waals surface area contributed by atoms with E-state index in [1.54, 1.807) is 6.92 Å². The van der Waals surface area contributed by atoms with Crippen LogP contribution in [0.1, 0.15) is 17.3 Å². The molecule has 0 aliphatic rings. The highest BCUT2D eigenvalue weighted by Crippen LogP contribution is 2.16. The summed E-state index contributed by atoms with van der Waals surface area (Å²) in [6.45, 7) is 1.68. The molecule has 1 amide bonds. The quantitative estimate of drug-likeness (QED) is 0.830. The Morgan fingerprint density at radius 2 is 2.33 bits per heavy atom. The maximum atomic E-state index is 12.7. The van der Waals surface area contributed by atoms with E-state index in [9.17, 15) is 9.18 Å². The second-order valence-corrected chi connectivity index (χ2v) is 3.59. The fourth-order valence-corrected chi connectivity index (χ4v) is 1.26. The van der Waals surface area contributed by atoms with Crippen molar-refractivity contribution < 1.29 is 14.3 Å². The molecule has 0 saturated heterocycles. The number of carbonyl (C=O) groups is 1. The molecule has 0 aliphatic heterocycles. The standard InChI is InChI=1S/C10H11ClFNO2/c1-6(14)5-13-10(15)8-3-2-7(12)4-9(8)11/h2-4,6,14H,5H2,1H3,(H,13,15)/t6-/m1/s1. The third kappa shape index (κ3) is 3.49. The molecule has 0 heterocycles. The Hall–Kier alpha value is -1.13. The summed E-state index contributed by atoms with van der Waals surface area (Å²) < 4.78 is 12.7. The van der Waals surface area contributed by atoms with Gasteiger partial charge in [0.2, 0.25) is 0 Å². The van der Waals surface area contributed by atoms with Crippen LogP contribution in [0.3, 0.4) is 0 Å². The van der Waals surface area contributed by atoms with Gasteiger partial charge in [-0.3, -0.25) is 4.79 Å². The van der Waals surface area contributed by atoms with E-state index in [-0.39, 0.29) is 17.1 Å². The number of aliphatic hydroxyl groups excluding tert-OH is 1. The maximum absolute atomic E-state index is 12.7. The second kappa shape index (κ2) is 5.09. The van der Waals surface area contributed by atoms with Gasteiger partial charge in [0.15, 0.2) is 0 Å². The number of rotatable bonds is 3. The number of amides is 1. The minimum atomic E-state index is -0.631. The van der Waals surface area contributed by atoms with Crippen molar-refractivity contribution in [2.75, 3.05) is 6.54 Å². The van der Waals surface area contributed by atoms with Crippen molar-refractivity contribution in [3.63, 3.8) is 0 Å². The van der Waals surface area contributed by atoms with Gasteiger partial charge in [-0.15, -0.1) is 0 Å². The highest BCUT2D eigenvalue weighted by Gasteiger charge is 2.10. The molecule has 3 nitrogen and oxygen atoms in total. The molecule has 0 bridgehead atoms. The number of carbonyl (C=O) groups excluding carboxylic acids is 1. The van der Waals surface area contributed by atoms with Crippen LogP contribution >= 0.6 is 11.6 Å². The van der Waals surface area contributed by atoms with Crippen molar-refractivity contribution >= 4 is 17.5 Å². The Bertz CT molecular complexity index is 368. The molecule has 0 aromatic heterocycles. The lowest BCUT2D eigenvalue weighted by Gasteiger charge is -2.08. The summed E-state index contributed by atoms with van der Waals surface area (Å²) >= 11 is 5.68. The Morgan fingerprint density at radius 1 is 1.67 bits per heavy atom. The van der Waals surface area contributed by atoms with E-state index in [0.717, 1.165) is 12.1 Å². The molecule has 0 unspecified atom stereocenters. The molecule has 0 saturated carbocycles. The molecule has 15 heavy (non-hydrogen) atoms. The molecular formula is C10H11ClFNO2. The fourth-order valence-electron chi connectivity index (χ4n) is 1.01. The molecule has 1 atom stereocenters. The first-order valence-electron chi connectivity index (χ1n) is 4.42. The normalized spacial score (nSPS) is 12.3. The van der Waals surface area contributed by atoms with Crippen LogP contribution in [-0.2, 0) is 0 Å². The Balaban J connectivity index is 2.74. The van der Waals surface area contributed by atoms with E-state index in [2.05, 4.69) is 5.32 Å². The van der Waals surface area contributed by atoms with E-state index in [1.807, 2.05) is 0 Å². The number of hydrogen-bond donors (Lipinski definition) is 2. The summed E-state index contributed by atoms with van der Waals surface area (Å²) in [4.78, 5) is 11.5. The average molecular weight is 232 g/mol. The smallest absolute Gasteiger partial charge is 0.252 e. The van der Waals surface area contributed by atoms with E-state index >= 15 is 0 Å². The molecule has 82 valence electrons. The van der Waals surface area contributed by atoms with Crippen LogP contribution < -0.4 is 5.32 Å². The second-order valence-electron chi connectivity index (χ2n) is 3.18. The maximum Gasteiger partial charge on any atom is 0.252 e. The van der Waals surface area contributed by atoms with Gasteiger partial charge in [0.05, 0.1) is 16.7 Å². The predicted molar refractivity (Wildman–Crippen MR) is 55.4 cm³/mol. The van der Waals surface area contributed by atoms with Gasteiger partial charge < -0.3 is 10.4 Å². The van der Waals surface area contributed by atoms with E-state index in [1.165, 1.54) is 6.07 Å². The first-order valence-corrected chi connectivity index (χ1v) is 4.80. The molecule has 0 aliphatic carbocycles. The van der Waals surface area contributed by atoms with Gasteiger partial charge in [-0.05, 0) is 25.1 Å². The van der Waals surface area contributed by atoms with Gasteiger partial charge in [-0.25, -0.2) is 4.39 Å². The third-order valence-electron chi connectivity index (χ3n) is 1.73. The van der Waals surface area contributed by atoms with Gasteiger partial charge >= 0.3 is 0 Å². The van der Waals surface area contributed by atoms with Crippen LogP contribution in [0.5, 0.6) is 0 Å². The molecule has 0 fully saturated rings. The Morgan fingerprint density at radius 3 is 2.87 bits per heavy atom. The minimum Gasteiger partial charge on any atom is -0.392 e. The molecule has 1 rings (SSSR count). The van der Waals surface area contributed by atoms with Crippen LogP contribution in [0.15, 0.2) is 18.2 Å². The van der Waals surface area contributed by atoms with E-state index < -0.39 is 17.8 Å². The topological polar surface area (TPSA) is 49.3 Å². The molecule has 5 heteroatoms. The monoisotopic (exact) mass is 231 g/mol. The van der Waals surface area contributed by atoms with Crippen LogP contribution in [0, 0.1) is 5.82 Å². The lowest BCUT2D eigenvalue weighted by atomic mass is 10.2. The van der Waals surface area contributed by atoms with E-state index in [0.29, 0.717) is 0 Å². The summed E-state index contributed by atoms with van der Waals surface area (Å²) in [7, 11) is 0. The van der Waals surface area contributed by atoms with E-state index in [4.69, 9.17) is 16.7 Å². The minimum absolute atomic E-state index is 0.0538. The SMILES string of the molecule is C[C@@H](O)CNC(=O)c1ccc(F)cc1Cl. The van der Waals surface area contributed by atoms with Crippen molar-refractivity contribution in [2.24, 2.45) is 0 Å². The zero-order valence-corrected chi connectivity index (χ0v) is 8.88. The van der Waals surface area contributed by atoms with Gasteiger partial charge in [-0.2, -0.15) is 0 Å². The van der Waals surface area contributed by atoms with Crippen LogP contribution in [0.4, 0.5) is 4.39 Å². The first kappa shape index (κ1) is 11.9.